The maximum atomic E-state index is 12.1. The SMILES string of the molecule is COc1ccc(CNC(=O)N2CCN(C)CC2)cc1OC. The Morgan fingerprint density at radius 3 is 2.43 bits per heavy atom. The highest BCUT2D eigenvalue weighted by Crippen LogP contribution is 2.27. The van der Waals surface area contributed by atoms with Crippen LogP contribution in [0.3, 0.4) is 0 Å². The largest absolute Gasteiger partial charge is 0.493 e. The summed E-state index contributed by atoms with van der Waals surface area (Å²) in [6, 6.07) is 5.63. The van der Waals surface area contributed by atoms with E-state index in [1.807, 2.05) is 23.1 Å². The summed E-state index contributed by atoms with van der Waals surface area (Å²) in [6.07, 6.45) is 0. The van der Waals surface area contributed by atoms with Gasteiger partial charge in [-0.2, -0.15) is 0 Å². The highest BCUT2D eigenvalue weighted by Gasteiger charge is 2.18. The van der Waals surface area contributed by atoms with Gasteiger partial charge in [0, 0.05) is 32.7 Å². The zero-order valence-corrected chi connectivity index (χ0v) is 12.9. The first-order chi connectivity index (χ1) is 10.1. The first-order valence-electron chi connectivity index (χ1n) is 7.06. The number of benzene rings is 1. The minimum absolute atomic E-state index is 0.0158. The van der Waals surface area contributed by atoms with E-state index in [9.17, 15) is 4.79 Å². The third kappa shape index (κ3) is 4.01. The van der Waals surface area contributed by atoms with E-state index in [2.05, 4.69) is 17.3 Å². The average Bonchev–Trinajstić information content (AvgIpc) is 2.52. The number of amides is 2. The van der Waals surface area contributed by atoms with E-state index in [1.165, 1.54) is 0 Å². The van der Waals surface area contributed by atoms with Crippen molar-refractivity contribution in [1.82, 2.24) is 15.1 Å². The van der Waals surface area contributed by atoms with Gasteiger partial charge in [-0.3, -0.25) is 0 Å². The van der Waals surface area contributed by atoms with Crippen LogP contribution in [0, 0.1) is 0 Å². The maximum absolute atomic E-state index is 12.1. The Labute approximate surface area is 125 Å². The molecule has 1 aromatic carbocycles. The minimum Gasteiger partial charge on any atom is -0.493 e. The highest BCUT2D eigenvalue weighted by molar-refractivity contribution is 5.74. The van der Waals surface area contributed by atoms with Crippen LogP contribution < -0.4 is 14.8 Å². The van der Waals surface area contributed by atoms with Crippen molar-refractivity contribution in [2.75, 3.05) is 47.4 Å². The second-order valence-electron chi connectivity index (χ2n) is 5.14. The van der Waals surface area contributed by atoms with E-state index < -0.39 is 0 Å². The summed E-state index contributed by atoms with van der Waals surface area (Å²) in [7, 11) is 5.27. The fraction of sp³-hybridized carbons (Fsp3) is 0.533. The van der Waals surface area contributed by atoms with Crippen LogP contribution in [0.5, 0.6) is 11.5 Å². The van der Waals surface area contributed by atoms with Crippen LogP contribution in [-0.2, 0) is 6.54 Å². The van der Waals surface area contributed by atoms with Crippen molar-refractivity contribution in [3.63, 3.8) is 0 Å². The molecule has 6 nitrogen and oxygen atoms in total. The number of methoxy groups -OCH3 is 2. The molecule has 116 valence electrons. The summed E-state index contributed by atoms with van der Waals surface area (Å²) in [4.78, 5) is 16.2. The van der Waals surface area contributed by atoms with Crippen molar-refractivity contribution in [2.24, 2.45) is 0 Å². The summed E-state index contributed by atoms with van der Waals surface area (Å²) >= 11 is 0. The van der Waals surface area contributed by atoms with Gasteiger partial charge in [-0.1, -0.05) is 6.07 Å². The van der Waals surface area contributed by atoms with Crippen LogP contribution in [0.2, 0.25) is 0 Å². The molecule has 0 unspecified atom stereocenters. The van der Waals surface area contributed by atoms with Crippen LogP contribution in [0.15, 0.2) is 18.2 Å². The van der Waals surface area contributed by atoms with E-state index in [4.69, 9.17) is 9.47 Å². The molecule has 1 aromatic rings. The number of carbonyl (C=O) groups excluding carboxylic acids is 1. The summed E-state index contributed by atoms with van der Waals surface area (Å²) in [5.74, 6) is 1.36. The second-order valence-corrected chi connectivity index (χ2v) is 5.14. The normalized spacial score (nSPS) is 15.7. The van der Waals surface area contributed by atoms with E-state index in [0.29, 0.717) is 18.0 Å². The van der Waals surface area contributed by atoms with Crippen molar-refractivity contribution in [3.8, 4) is 11.5 Å². The smallest absolute Gasteiger partial charge is 0.317 e. The van der Waals surface area contributed by atoms with Gasteiger partial charge < -0.3 is 24.6 Å². The Morgan fingerprint density at radius 1 is 1.14 bits per heavy atom. The second kappa shape index (κ2) is 7.17. The third-order valence-electron chi connectivity index (χ3n) is 3.68. The summed E-state index contributed by atoms with van der Waals surface area (Å²) < 4.78 is 10.5. The molecular weight excluding hydrogens is 270 g/mol. The third-order valence-corrected chi connectivity index (χ3v) is 3.68. The lowest BCUT2D eigenvalue weighted by molar-refractivity contribution is 0.154. The zero-order valence-electron chi connectivity index (χ0n) is 12.9. The van der Waals surface area contributed by atoms with Crippen LogP contribution in [0.1, 0.15) is 5.56 Å². The van der Waals surface area contributed by atoms with Gasteiger partial charge in [0.2, 0.25) is 0 Å². The maximum Gasteiger partial charge on any atom is 0.317 e. The number of urea groups is 1. The molecule has 2 amide bonds. The van der Waals surface area contributed by atoms with Crippen molar-refractivity contribution in [1.29, 1.82) is 0 Å². The lowest BCUT2D eigenvalue weighted by atomic mass is 10.2. The number of hydrogen-bond donors (Lipinski definition) is 1. The van der Waals surface area contributed by atoms with E-state index in [-0.39, 0.29) is 6.03 Å². The number of ether oxygens (including phenoxy) is 2. The molecule has 0 aliphatic carbocycles. The van der Waals surface area contributed by atoms with Gasteiger partial charge in [-0.25, -0.2) is 4.79 Å². The van der Waals surface area contributed by atoms with Gasteiger partial charge in [-0.15, -0.1) is 0 Å². The van der Waals surface area contributed by atoms with Crippen LogP contribution in [0.25, 0.3) is 0 Å². The average molecular weight is 293 g/mol. The fourth-order valence-electron chi connectivity index (χ4n) is 2.29. The molecule has 0 spiro atoms. The fourth-order valence-corrected chi connectivity index (χ4v) is 2.29. The van der Waals surface area contributed by atoms with Crippen molar-refractivity contribution < 1.29 is 14.3 Å². The Balaban J connectivity index is 1.89. The van der Waals surface area contributed by atoms with Crippen molar-refractivity contribution in [2.45, 2.75) is 6.54 Å². The number of rotatable bonds is 4. The van der Waals surface area contributed by atoms with Gasteiger partial charge >= 0.3 is 6.03 Å². The number of piperazine rings is 1. The van der Waals surface area contributed by atoms with Crippen LogP contribution in [-0.4, -0.2) is 63.3 Å². The van der Waals surface area contributed by atoms with Gasteiger partial charge in [-0.05, 0) is 24.7 Å². The molecule has 6 heteroatoms. The molecule has 1 aliphatic rings. The molecule has 0 bridgehead atoms. The minimum atomic E-state index is -0.0158. The molecule has 0 saturated carbocycles. The van der Waals surface area contributed by atoms with Crippen LogP contribution in [0.4, 0.5) is 4.79 Å². The van der Waals surface area contributed by atoms with E-state index in [0.717, 1.165) is 31.7 Å². The summed E-state index contributed by atoms with van der Waals surface area (Å²) in [5, 5.41) is 2.94. The van der Waals surface area contributed by atoms with Gasteiger partial charge in [0.15, 0.2) is 11.5 Å². The first-order valence-corrected chi connectivity index (χ1v) is 7.06. The molecule has 0 aromatic heterocycles. The Bertz CT molecular complexity index is 485. The van der Waals surface area contributed by atoms with Crippen molar-refractivity contribution in [3.05, 3.63) is 23.8 Å². The molecule has 0 radical (unpaired) electrons. The monoisotopic (exact) mass is 293 g/mol. The Hall–Kier alpha value is -1.95. The molecule has 1 heterocycles. The topological polar surface area (TPSA) is 54.0 Å². The summed E-state index contributed by atoms with van der Waals surface area (Å²) in [6.45, 7) is 3.86. The van der Waals surface area contributed by atoms with Gasteiger partial charge in [0.25, 0.3) is 0 Å². The molecule has 2 rings (SSSR count). The molecular formula is C15H23N3O3. The highest BCUT2D eigenvalue weighted by atomic mass is 16.5. The number of carbonyl (C=O) groups is 1. The van der Waals surface area contributed by atoms with Gasteiger partial charge in [0.05, 0.1) is 14.2 Å². The Kier molecular flexibility index (Phi) is 5.27. The quantitative estimate of drug-likeness (QED) is 0.905. The van der Waals surface area contributed by atoms with E-state index in [1.54, 1.807) is 14.2 Å². The standard InChI is InChI=1S/C15H23N3O3/c1-17-6-8-18(9-7-17)15(19)16-11-12-4-5-13(20-2)14(10-12)21-3/h4-5,10H,6-9,11H2,1-3H3,(H,16,19). The number of nitrogens with one attached hydrogen (secondary N) is 1. The lowest BCUT2D eigenvalue weighted by Crippen LogP contribution is -2.50. The van der Waals surface area contributed by atoms with Gasteiger partial charge in [0.1, 0.15) is 0 Å². The molecule has 1 saturated heterocycles. The summed E-state index contributed by atoms with van der Waals surface area (Å²) in [5.41, 5.74) is 0.982. The molecule has 1 fully saturated rings. The predicted octanol–water partition coefficient (Wildman–Crippen LogP) is 1.16. The molecule has 1 aliphatic heterocycles. The van der Waals surface area contributed by atoms with E-state index >= 15 is 0 Å². The zero-order chi connectivity index (χ0) is 15.2. The predicted molar refractivity (Wildman–Crippen MR) is 80.9 cm³/mol. The Morgan fingerprint density at radius 2 is 1.81 bits per heavy atom. The first kappa shape index (κ1) is 15.4. The number of likely N-dealkylation sites (N-methyl/N-ethyl adjacent to an activating group) is 1. The van der Waals surface area contributed by atoms with Crippen LogP contribution >= 0.6 is 0 Å². The van der Waals surface area contributed by atoms with Crippen molar-refractivity contribution >= 4 is 6.03 Å². The lowest BCUT2D eigenvalue weighted by Gasteiger charge is -2.32. The molecule has 21 heavy (non-hydrogen) atoms. The number of nitrogens with zero attached hydrogens (tertiary/aromatic N) is 2. The molecule has 1 N–H and O–H groups in total. The number of hydrogen-bond acceptors (Lipinski definition) is 4. The molecule has 0 atom stereocenters.